The zero-order valence-corrected chi connectivity index (χ0v) is 57.0. The van der Waals surface area contributed by atoms with Crippen molar-refractivity contribution in [1.29, 1.82) is 0 Å². The Morgan fingerprint density at radius 2 is 0.171 bits per heavy atom. The van der Waals surface area contributed by atoms with Gasteiger partial charge in [-0.2, -0.15) is 0 Å². The maximum atomic E-state index is 17.1. The van der Waals surface area contributed by atoms with Crippen LogP contribution in [0.3, 0.4) is 0 Å². The smallest absolute Gasteiger partial charge is 0.279 e. The van der Waals surface area contributed by atoms with Gasteiger partial charge in [0.25, 0.3) is 0 Å². The lowest BCUT2D eigenvalue weighted by Gasteiger charge is -2.54. The zero-order valence-electron chi connectivity index (χ0n) is 57.0. The van der Waals surface area contributed by atoms with Gasteiger partial charge < -0.3 is 0 Å². The molecule has 0 unspecified atom stereocenters. The third kappa shape index (κ3) is 3.99. The Bertz CT molecular complexity index is 3490. The molecule has 0 atom stereocenters. The van der Waals surface area contributed by atoms with Gasteiger partial charge in [-0.3, -0.25) is 137 Å². The van der Waals surface area contributed by atoms with Crippen LogP contribution in [0.25, 0.3) is 0 Å². The number of rotatable bonds is 0. The maximum Gasteiger partial charge on any atom is 0.326 e. The molecule has 0 N–H and O–H groups in total. The lowest BCUT2D eigenvalue weighted by Crippen LogP contribution is -2.75. The van der Waals surface area contributed by atoms with Crippen LogP contribution in [0.1, 0.15) is 135 Å². The summed E-state index contributed by atoms with van der Waals surface area (Å²) in [6.45, 7) is -7.44. The minimum Gasteiger partial charge on any atom is -0.279 e. The van der Waals surface area contributed by atoms with Gasteiger partial charge in [-0.1, -0.05) is 0 Å². The Morgan fingerprint density at radius 1 is 0.114 bits per heavy atom. The highest BCUT2D eigenvalue weighted by Gasteiger charge is 2.96. The number of carbonyl (C=O) groups excluding carboxylic acids is 14. The molecule has 7 saturated carbocycles. The van der Waals surface area contributed by atoms with Gasteiger partial charge in [-0.15, -0.1) is 0 Å². The van der Waals surface area contributed by atoms with Gasteiger partial charge >= 0.3 is 84.4 Å². The van der Waals surface area contributed by atoms with Crippen molar-refractivity contribution in [2.45, 2.75) is 214 Å². The molecule has 21 aliphatic heterocycles. The first kappa shape index (κ1) is 55.3. The highest BCUT2D eigenvalue weighted by Crippen LogP contribution is 2.75. The SMILES string of the molecule is O=C1N2CN3C(=O)N4CN5C(=O)N6CN7C(=O)N8CN9C(=O)N%10CN%11C(=O)N%12CN%13C(=O)N%14CN1C1%15CCCC21N1CN2C(=O)N(CN%16C(=O)N(CN%17C(=O)N(CN%18C(=O)N(CN%19C(=O)N(CN%20C(=O)N(CN%15C1=O)C41CCCC3%201)C61CCCC5%191)C81CCCC7%181)C%101CCCC9%171)C%121CCCC%16%111)C%141CCCC2%131. The van der Waals surface area contributed by atoms with Gasteiger partial charge in [-0.25, -0.2) is 67.1 Å². The Labute approximate surface area is 594 Å². The van der Waals surface area contributed by atoms with E-state index in [1.807, 2.05) is 0 Å². The van der Waals surface area contributed by atoms with E-state index < -0.39 is 257 Å². The lowest BCUT2D eigenvalue weighted by molar-refractivity contribution is -0.153. The van der Waals surface area contributed by atoms with Crippen LogP contribution in [0.15, 0.2) is 0 Å². The molecule has 42 bridgehead atoms. The van der Waals surface area contributed by atoms with Crippen LogP contribution in [0, 0.1) is 0 Å². The summed E-state index contributed by atoms with van der Waals surface area (Å²) in [7, 11) is 0. The fourth-order valence-electron chi connectivity index (χ4n) is 32.2. The molecular weight excluding hydrogens is 1370 g/mol. The van der Waals surface area contributed by atoms with E-state index in [0.29, 0.717) is 44.9 Å². The fourth-order valence-corrected chi connectivity index (χ4v) is 32.2. The number of nitrogens with zero attached hydrogens (tertiary/aromatic N) is 28. The van der Waals surface area contributed by atoms with Crippen molar-refractivity contribution >= 4 is 84.4 Å². The molecule has 28 rings (SSSR count). The topological polar surface area (TPSA) is 330 Å². The van der Waals surface area contributed by atoms with Gasteiger partial charge in [-0.05, 0) is 135 Å². The second-order valence-electron chi connectivity index (χ2n) is 35.3. The van der Waals surface area contributed by atoms with Gasteiger partial charge in [0.1, 0.15) is 93.4 Å². The molecule has 0 radical (unpaired) electrons. The van der Waals surface area contributed by atoms with E-state index in [9.17, 15) is 0 Å². The molecule has 0 spiro atoms. The summed E-state index contributed by atoms with van der Waals surface area (Å²) in [5, 5.41) is 0. The fraction of sp³-hybridized carbons (Fsp3) is 0.778. The van der Waals surface area contributed by atoms with Crippen LogP contribution in [0.4, 0.5) is 67.1 Å². The normalized spacial score (nSPS) is 48.3. The molecule has 7 aliphatic carbocycles. The summed E-state index contributed by atoms with van der Waals surface area (Å²) >= 11 is 0. The second-order valence-corrected chi connectivity index (χ2v) is 35.3. The van der Waals surface area contributed by atoms with E-state index >= 15 is 67.1 Å². The van der Waals surface area contributed by atoms with E-state index in [0.717, 1.165) is 0 Å². The minimum absolute atomic E-state index is 0.122. The predicted molar refractivity (Wildman–Crippen MR) is 330 cm³/mol. The predicted octanol–water partition coefficient (Wildman–Crippen LogP) is -0.138. The Hall–Kier alpha value is -10.2. The van der Waals surface area contributed by atoms with E-state index in [1.165, 1.54) is 0 Å². The molecule has 0 aromatic rings. The average Bonchev–Trinajstić information content (AvgIpc) is 1.45. The van der Waals surface area contributed by atoms with Crippen molar-refractivity contribution in [3.05, 3.63) is 0 Å². The third-order valence-electron chi connectivity index (χ3n) is 34.8. The molecule has 28 amide bonds. The van der Waals surface area contributed by atoms with Crippen LogP contribution in [0.2, 0.25) is 0 Å². The van der Waals surface area contributed by atoms with Crippen LogP contribution in [-0.2, 0) is 0 Å². The Balaban J connectivity index is 0.724. The van der Waals surface area contributed by atoms with E-state index in [1.54, 1.807) is 137 Å². The first-order chi connectivity index (χ1) is 50.6. The summed E-state index contributed by atoms with van der Waals surface area (Å²) in [6, 6.07) is -8.97. The van der Waals surface area contributed by atoms with Crippen molar-refractivity contribution in [3.63, 3.8) is 0 Å². The van der Waals surface area contributed by atoms with Crippen LogP contribution >= 0.6 is 0 Å². The standard InChI is InChI=1S/C63H70N28O14/c92-36-64-22-68-38(94)72-26-76-42(98)80-30-84-46(102)88-34-91-49(105)87-33-83-45(101)79-29-75-41(97)71-25-67(36)51-9-1-8-50(51,64)66-24-70-40(96)74(55(71)13-3-12-54(55,70)75)28-78-44(100)82(59(79)17-5-16-58(59,78)83)32-86-48(104)90(63(87)21-7-20-62(63,86)91)35-89-47(103)85(61(88)19-6-18-60(61,84)89)31-81-43(99)77(57(80)15-4-14-56(57,76)81)27-73-39(95)69(23-65(51)37(66)93)53(72)11-2-10-52(53,68)73/h1-35H2. The van der Waals surface area contributed by atoms with Crippen LogP contribution in [0.5, 0.6) is 0 Å². The molecule has 28 aliphatic rings. The van der Waals surface area contributed by atoms with Gasteiger partial charge in [0, 0.05) is 0 Å². The molecule has 105 heavy (non-hydrogen) atoms. The molecule has 42 heteroatoms. The Kier molecular flexibility index (Phi) is 7.71. The quantitative estimate of drug-likeness (QED) is 0.305. The molecule has 21 heterocycles. The zero-order chi connectivity index (χ0) is 70.0. The molecule has 28 fully saturated rings. The highest BCUT2D eigenvalue weighted by atomic mass is 16.3. The monoisotopic (exact) mass is 1440 g/mol. The summed E-state index contributed by atoms with van der Waals surface area (Å²) in [6.07, 6.45) is 4.52. The first-order valence-electron chi connectivity index (χ1n) is 37.9. The van der Waals surface area contributed by atoms with E-state index in [-0.39, 0.29) is 89.9 Å². The van der Waals surface area contributed by atoms with Crippen molar-refractivity contribution in [1.82, 2.24) is 137 Å². The number of carbonyl (C=O) groups is 14. The number of hydrogen-bond donors (Lipinski definition) is 0. The minimum atomic E-state index is -1.73. The summed E-state index contributed by atoms with van der Waals surface area (Å²) < 4.78 is 0. The van der Waals surface area contributed by atoms with Crippen molar-refractivity contribution in [3.8, 4) is 0 Å². The first-order valence-corrected chi connectivity index (χ1v) is 37.9. The van der Waals surface area contributed by atoms with Crippen LogP contribution < -0.4 is 0 Å². The largest absolute Gasteiger partial charge is 0.326 e. The molecular formula is C63H70N28O14. The molecule has 546 valence electrons. The van der Waals surface area contributed by atoms with Crippen LogP contribution in [-0.4, -0.2) is 394 Å². The van der Waals surface area contributed by atoms with Gasteiger partial charge in [0.2, 0.25) is 0 Å². The summed E-state index contributed by atoms with van der Waals surface area (Å²) in [5.41, 5.74) is -24.3. The molecule has 21 saturated heterocycles. The molecule has 42 nitrogen and oxygen atoms in total. The summed E-state index contributed by atoms with van der Waals surface area (Å²) in [4.78, 5) is 283. The molecule has 0 aromatic carbocycles. The third-order valence-corrected chi connectivity index (χ3v) is 34.8. The average molecular weight is 1440 g/mol. The number of amides is 28. The second kappa shape index (κ2) is 14.6. The highest BCUT2D eigenvalue weighted by molar-refractivity contribution is 6.00. The van der Waals surface area contributed by atoms with Crippen molar-refractivity contribution < 1.29 is 67.1 Å². The van der Waals surface area contributed by atoms with E-state index in [2.05, 4.69) is 0 Å². The van der Waals surface area contributed by atoms with E-state index in [4.69, 9.17) is 0 Å². The number of hydrogen-bond acceptors (Lipinski definition) is 14. The Morgan fingerprint density at radius 3 is 0.229 bits per heavy atom. The van der Waals surface area contributed by atoms with Gasteiger partial charge in [0.15, 0.2) is 79.3 Å². The molecule has 0 aromatic heterocycles. The number of urea groups is 14. The van der Waals surface area contributed by atoms with Crippen molar-refractivity contribution in [2.24, 2.45) is 0 Å². The maximum absolute atomic E-state index is 17.1. The van der Waals surface area contributed by atoms with Gasteiger partial charge in [0.05, 0.1) is 0 Å². The van der Waals surface area contributed by atoms with Crippen molar-refractivity contribution in [2.75, 3.05) is 93.4 Å². The lowest BCUT2D eigenvalue weighted by atomic mass is 9.91. The summed E-state index contributed by atoms with van der Waals surface area (Å²) in [5.74, 6) is 0.